The Bertz CT molecular complexity index is 263. The van der Waals surface area contributed by atoms with Gasteiger partial charge in [-0.3, -0.25) is 0 Å². The van der Waals surface area contributed by atoms with Gasteiger partial charge in [-0.05, 0) is 36.3 Å². The predicted octanol–water partition coefficient (Wildman–Crippen LogP) is 3.52. The van der Waals surface area contributed by atoms with Crippen molar-refractivity contribution in [1.29, 1.82) is 0 Å². The minimum atomic E-state index is 0.242. The van der Waals surface area contributed by atoms with E-state index < -0.39 is 0 Å². The highest BCUT2D eigenvalue weighted by atomic mass is 16.2. The molecular weight excluding hydrogens is 184 g/mol. The van der Waals surface area contributed by atoms with Crippen LogP contribution >= 0.6 is 0 Å². The number of aliphatic hydroxyl groups excluding tert-OH is 1. The molecule has 1 aromatic carbocycles. The molecule has 1 unspecified atom stereocenters. The fourth-order valence-electron chi connectivity index (χ4n) is 2.04. The average molecular weight is 206 g/mol. The molecule has 0 amide bonds. The molecule has 1 heteroatoms. The maximum Gasteiger partial charge on any atom is 0.0471 e. The van der Waals surface area contributed by atoms with E-state index in [4.69, 9.17) is 5.11 Å². The molecule has 1 nitrogen and oxygen atoms in total. The molecule has 1 rings (SSSR count). The summed E-state index contributed by atoms with van der Waals surface area (Å²) in [4.78, 5) is 0. The third-order valence-electron chi connectivity index (χ3n) is 2.98. The molecule has 0 fully saturated rings. The molecule has 0 aliphatic rings. The summed E-state index contributed by atoms with van der Waals surface area (Å²) in [6, 6.07) is 8.72. The number of hydrogen-bond acceptors (Lipinski definition) is 1. The summed E-state index contributed by atoms with van der Waals surface area (Å²) >= 11 is 0. The topological polar surface area (TPSA) is 20.2 Å². The summed E-state index contributed by atoms with van der Waals surface area (Å²) in [7, 11) is 0. The molecule has 1 atom stereocenters. The zero-order chi connectivity index (χ0) is 11.1. The van der Waals surface area contributed by atoms with Crippen molar-refractivity contribution in [3.05, 3.63) is 35.4 Å². The van der Waals surface area contributed by atoms with Gasteiger partial charge in [-0.2, -0.15) is 0 Å². The fourth-order valence-corrected chi connectivity index (χ4v) is 2.04. The Labute approximate surface area is 93.1 Å². The lowest BCUT2D eigenvalue weighted by atomic mass is 9.91. The maximum atomic E-state index is 8.83. The van der Waals surface area contributed by atoms with E-state index in [0.29, 0.717) is 5.92 Å². The van der Waals surface area contributed by atoms with Crippen molar-refractivity contribution in [2.75, 3.05) is 6.61 Å². The lowest BCUT2D eigenvalue weighted by Gasteiger charge is -2.14. The van der Waals surface area contributed by atoms with Gasteiger partial charge < -0.3 is 5.11 Å². The Kier molecular flexibility index (Phi) is 5.41. The van der Waals surface area contributed by atoms with Crippen LogP contribution in [0.2, 0.25) is 0 Å². The van der Waals surface area contributed by atoms with Crippen LogP contribution in [0.15, 0.2) is 24.3 Å². The Morgan fingerprint density at radius 2 is 1.80 bits per heavy atom. The van der Waals surface area contributed by atoms with Crippen molar-refractivity contribution in [3.8, 4) is 0 Å². The molecule has 0 heterocycles. The lowest BCUT2D eigenvalue weighted by molar-refractivity contribution is 0.299. The third-order valence-corrected chi connectivity index (χ3v) is 2.98. The van der Waals surface area contributed by atoms with Gasteiger partial charge >= 0.3 is 0 Å². The minimum absolute atomic E-state index is 0.242. The van der Waals surface area contributed by atoms with Gasteiger partial charge in [-0.15, -0.1) is 0 Å². The van der Waals surface area contributed by atoms with Gasteiger partial charge in [0.15, 0.2) is 0 Å². The summed E-state index contributed by atoms with van der Waals surface area (Å²) < 4.78 is 0. The van der Waals surface area contributed by atoms with Crippen LogP contribution in [-0.4, -0.2) is 11.7 Å². The summed E-state index contributed by atoms with van der Waals surface area (Å²) in [5, 5.41) is 8.83. The highest BCUT2D eigenvalue weighted by Gasteiger charge is 2.07. The van der Waals surface area contributed by atoms with E-state index in [0.717, 1.165) is 6.42 Å². The Morgan fingerprint density at radius 3 is 2.27 bits per heavy atom. The molecule has 1 N–H and O–H groups in total. The van der Waals surface area contributed by atoms with E-state index in [2.05, 4.69) is 38.1 Å². The van der Waals surface area contributed by atoms with Gasteiger partial charge in [0.05, 0.1) is 0 Å². The van der Waals surface area contributed by atoms with E-state index in [-0.39, 0.29) is 6.61 Å². The maximum absolute atomic E-state index is 8.83. The van der Waals surface area contributed by atoms with Crippen molar-refractivity contribution in [2.45, 2.75) is 45.4 Å². The van der Waals surface area contributed by atoms with Crippen molar-refractivity contribution in [3.63, 3.8) is 0 Å². The summed E-state index contributed by atoms with van der Waals surface area (Å²) in [6.45, 7) is 4.73. The molecule has 0 radical (unpaired) electrons. The summed E-state index contributed by atoms with van der Waals surface area (Å²) in [6.07, 6.45) is 4.50. The number of benzene rings is 1. The molecule has 0 saturated heterocycles. The zero-order valence-electron chi connectivity index (χ0n) is 9.87. The van der Waals surface area contributed by atoms with Crippen LogP contribution in [-0.2, 0) is 6.42 Å². The molecule has 0 bridgehead atoms. The quantitative estimate of drug-likeness (QED) is 0.755. The number of hydrogen-bond donors (Lipinski definition) is 1. The van der Waals surface area contributed by atoms with E-state index in [9.17, 15) is 0 Å². The van der Waals surface area contributed by atoms with Crippen molar-refractivity contribution >= 4 is 0 Å². The van der Waals surface area contributed by atoms with Crippen molar-refractivity contribution in [2.24, 2.45) is 0 Å². The first-order chi connectivity index (χ1) is 7.31. The van der Waals surface area contributed by atoms with Crippen LogP contribution in [0.3, 0.4) is 0 Å². The highest BCUT2D eigenvalue weighted by molar-refractivity contribution is 5.25. The second-order valence-electron chi connectivity index (χ2n) is 4.11. The third kappa shape index (κ3) is 3.67. The SMILES string of the molecule is CCCC(CC)c1ccc(CCO)cc1. The normalized spacial score (nSPS) is 12.7. The van der Waals surface area contributed by atoms with Crippen LogP contribution in [0, 0.1) is 0 Å². The van der Waals surface area contributed by atoms with Crippen LogP contribution in [0.25, 0.3) is 0 Å². The second-order valence-corrected chi connectivity index (χ2v) is 4.11. The molecular formula is C14H22O. The van der Waals surface area contributed by atoms with Gasteiger partial charge in [0, 0.05) is 6.61 Å². The van der Waals surface area contributed by atoms with Crippen LogP contribution in [0.4, 0.5) is 0 Å². The van der Waals surface area contributed by atoms with Crippen LogP contribution in [0.1, 0.15) is 50.2 Å². The number of rotatable bonds is 6. The van der Waals surface area contributed by atoms with Crippen LogP contribution in [0.5, 0.6) is 0 Å². The van der Waals surface area contributed by atoms with Gasteiger partial charge in [0.1, 0.15) is 0 Å². The van der Waals surface area contributed by atoms with Crippen molar-refractivity contribution in [1.82, 2.24) is 0 Å². The molecule has 0 saturated carbocycles. The smallest absolute Gasteiger partial charge is 0.0471 e. The van der Waals surface area contributed by atoms with Crippen LogP contribution < -0.4 is 0 Å². The highest BCUT2D eigenvalue weighted by Crippen LogP contribution is 2.24. The summed E-state index contributed by atoms with van der Waals surface area (Å²) in [5.74, 6) is 0.707. The molecule has 1 aromatic rings. The Balaban J connectivity index is 2.68. The largest absolute Gasteiger partial charge is 0.396 e. The fraction of sp³-hybridized carbons (Fsp3) is 0.571. The van der Waals surface area contributed by atoms with Gasteiger partial charge in [-0.1, -0.05) is 44.5 Å². The first-order valence-corrected chi connectivity index (χ1v) is 6.01. The molecule has 84 valence electrons. The number of aliphatic hydroxyl groups is 1. The van der Waals surface area contributed by atoms with E-state index in [1.54, 1.807) is 0 Å². The molecule has 0 aliphatic carbocycles. The Hall–Kier alpha value is -0.820. The van der Waals surface area contributed by atoms with Crippen molar-refractivity contribution < 1.29 is 5.11 Å². The van der Waals surface area contributed by atoms with E-state index in [1.807, 2.05) is 0 Å². The van der Waals surface area contributed by atoms with Gasteiger partial charge in [0.25, 0.3) is 0 Å². The van der Waals surface area contributed by atoms with E-state index >= 15 is 0 Å². The van der Waals surface area contributed by atoms with Gasteiger partial charge in [0.2, 0.25) is 0 Å². The molecule has 0 spiro atoms. The standard InChI is InChI=1S/C14H22O/c1-3-5-13(4-2)14-8-6-12(7-9-14)10-11-15/h6-9,13,15H,3-5,10-11H2,1-2H3. The first kappa shape index (κ1) is 12.3. The molecule has 0 aliphatic heterocycles. The van der Waals surface area contributed by atoms with Gasteiger partial charge in [-0.25, -0.2) is 0 Å². The summed E-state index contributed by atoms with van der Waals surface area (Å²) in [5.41, 5.74) is 2.67. The minimum Gasteiger partial charge on any atom is -0.396 e. The monoisotopic (exact) mass is 206 g/mol. The second kappa shape index (κ2) is 6.62. The predicted molar refractivity (Wildman–Crippen MR) is 65.2 cm³/mol. The zero-order valence-corrected chi connectivity index (χ0v) is 9.87. The lowest BCUT2D eigenvalue weighted by Crippen LogP contribution is -1.98. The first-order valence-electron chi connectivity index (χ1n) is 6.01. The average Bonchev–Trinajstić information content (AvgIpc) is 2.28. The molecule has 0 aromatic heterocycles. The Morgan fingerprint density at radius 1 is 1.13 bits per heavy atom. The van der Waals surface area contributed by atoms with E-state index in [1.165, 1.54) is 30.4 Å². The molecule has 15 heavy (non-hydrogen) atoms.